The molecule has 1 aliphatic heterocycles. The van der Waals surface area contributed by atoms with Crippen LogP contribution in [0.4, 0.5) is 0 Å². The summed E-state index contributed by atoms with van der Waals surface area (Å²) in [5.41, 5.74) is 0. The molecule has 2 heteroatoms. The lowest BCUT2D eigenvalue weighted by Gasteiger charge is -2.20. The molecular weight excluding hydrogens is 210 g/mol. The number of hydrogen-bond donors (Lipinski definition) is 0. The van der Waals surface area contributed by atoms with E-state index in [9.17, 15) is 4.79 Å². The van der Waals surface area contributed by atoms with Crippen LogP contribution < -0.4 is 0 Å². The van der Waals surface area contributed by atoms with Crippen LogP contribution in [0.2, 0.25) is 0 Å². The Balaban J connectivity index is -0.000000239. The fraction of sp³-hybridized carbons (Fsp3) is 0.933. The van der Waals surface area contributed by atoms with Crippen molar-refractivity contribution in [3.05, 3.63) is 0 Å². The number of rotatable bonds is 1. The number of amides is 1. The van der Waals surface area contributed by atoms with E-state index in [0.717, 1.165) is 6.54 Å². The van der Waals surface area contributed by atoms with E-state index in [4.69, 9.17) is 0 Å². The van der Waals surface area contributed by atoms with Gasteiger partial charge in [0.05, 0.1) is 0 Å². The maximum absolute atomic E-state index is 11.2. The van der Waals surface area contributed by atoms with E-state index >= 15 is 0 Å². The second-order valence-corrected chi connectivity index (χ2v) is 3.64. The van der Waals surface area contributed by atoms with Crippen molar-refractivity contribution in [3.63, 3.8) is 0 Å². The Hall–Kier alpha value is -0.530. The second kappa shape index (κ2) is 17.9. The van der Waals surface area contributed by atoms with E-state index in [-0.39, 0.29) is 0 Å². The number of nitrogens with zero attached hydrogens (tertiary/aromatic N) is 1. The zero-order chi connectivity index (χ0) is 14.3. The number of carbonyl (C=O) groups is 1. The zero-order valence-corrected chi connectivity index (χ0v) is 13.5. The monoisotopic (exact) mass is 245 g/mol. The predicted molar refractivity (Wildman–Crippen MR) is 79.4 cm³/mol. The Kier molecular flexibility index (Phi) is 22.8. The summed E-state index contributed by atoms with van der Waals surface area (Å²) in [7, 11) is 0. The summed E-state index contributed by atoms with van der Waals surface area (Å²) in [6.45, 7) is 17.3. The SMILES string of the molecule is CC.CC.CCC.CCC(=O)N1CCCC1C. The van der Waals surface area contributed by atoms with Crippen LogP contribution in [0.3, 0.4) is 0 Å². The van der Waals surface area contributed by atoms with Crippen LogP contribution >= 0.6 is 0 Å². The van der Waals surface area contributed by atoms with Gasteiger partial charge in [0, 0.05) is 19.0 Å². The second-order valence-electron chi connectivity index (χ2n) is 3.64. The van der Waals surface area contributed by atoms with Crippen LogP contribution in [0.25, 0.3) is 0 Å². The van der Waals surface area contributed by atoms with Crippen LogP contribution in [-0.4, -0.2) is 23.4 Å². The maximum Gasteiger partial charge on any atom is 0.222 e. The van der Waals surface area contributed by atoms with Crippen LogP contribution in [0.15, 0.2) is 0 Å². The Morgan fingerprint density at radius 2 is 1.53 bits per heavy atom. The molecule has 1 fully saturated rings. The third-order valence-electron chi connectivity index (χ3n) is 2.18. The van der Waals surface area contributed by atoms with Gasteiger partial charge < -0.3 is 4.90 Å². The first kappa shape index (κ1) is 21.7. The number of hydrogen-bond acceptors (Lipinski definition) is 1. The molecule has 106 valence electrons. The van der Waals surface area contributed by atoms with Crippen molar-refractivity contribution in [2.75, 3.05) is 6.54 Å². The minimum Gasteiger partial charge on any atom is -0.340 e. The zero-order valence-electron chi connectivity index (χ0n) is 13.5. The molecule has 1 saturated heterocycles. The van der Waals surface area contributed by atoms with Crippen molar-refractivity contribution in [3.8, 4) is 0 Å². The van der Waals surface area contributed by atoms with E-state index in [1.807, 2.05) is 39.5 Å². The van der Waals surface area contributed by atoms with Crippen molar-refractivity contribution in [1.82, 2.24) is 4.90 Å². The van der Waals surface area contributed by atoms with Crippen molar-refractivity contribution in [2.24, 2.45) is 0 Å². The third kappa shape index (κ3) is 11.7. The van der Waals surface area contributed by atoms with Gasteiger partial charge in [0.2, 0.25) is 5.91 Å². The van der Waals surface area contributed by atoms with Gasteiger partial charge in [-0.3, -0.25) is 4.79 Å². The summed E-state index contributed by atoms with van der Waals surface area (Å²) in [6, 6.07) is 0.493. The topological polar surface area (TPSA) is 20.3 Å². The van der Waals surface area contributed by atoms with E-state index in [0.29, 0.717) is 18.4 Å². The summed E-state index contributed by atoms with van der Waals surface area (Å²) >= 11 is 0. The van der Waals surface area contributed by atoms with E-state index in [1.54, 1.807) is 0 Å². The van der Waals surface area contributed by atoms with Crippen LogP contribution in [-0.2, 0) is 4.79 Å². The lowest BCUT2D eigenvalue weighted by atomic mass is 10.2. The molecule has 0 radical (unpaired) electrons. The van der Waals surface area contributed by atoms with Crippen molar-refractivity contribution in [1.29, 1.82) is 0 Å². The molecule has 1 unspecified atom stereocenters. The van der Waals surface area contributed by atoms with Gasteiger partial charge in [-0.15, -0.1) is 0 Å². The Bertz CT molecular complexity index is 146. The average molecular weight is 245 g/mol. The molecule has 0 spiro atoms. The summed E-state index contributed by atoms with van der Waals surface area (Å²) in [5.74, 6) is 0.310. The van der Waals surface area contributed by atoms with Gasteiger partial charge >= 0.3 is 0 Å². The summed E-state index contributed by atoms with van der Waals surface area (Å²) in [4.78, 5) is 13.1. The summed E-state index contributed by atoms with van der Waals surface area (Å²) in [6.07, 6.45) is 4.28. The normalized spacial score (nSPS) is 16.7. The first-order chi connectivity index (χ1) is 8.17. The van der Waals surface area contributed by atoms with Crippen molar-refractivity contribution in [2.45, 2.75) is 87.1 Å². The van der Waals surface area contributed by atoms with E-state index in [2.05, 4.69) is 20.8 Å². The molecule has 1 atom stereocenters. The molecule has 0 aromatic rings. The van der Waals surface area contributed by atoms with Crippen molar-refractivity contribution < 1.29 is 4.79 Å². The average Bonchev–Trinajstić information content (AvgIpc) is 2.81. The Morgan fingerprint density at radius 3 is 1.76 bits per heavy atom. The summed E-state index contributed by atoms with van der Waals surface area (Å²) in [5, 5.41) is 0. The molecule has 1 heterocycles. The minimum absolute atomic E-state index is 0.310. The van der Waals surface area contributed by atoms with Crippen LogP contribution in [0.5, 0.6) is 0 Å². The molecule has 1 amide bonds. The molecule has 0 aromatic heterocycles. The van der Waals surface area contributed by atoms with Gasteiger partial charge in [-0.25, -0.2) is 0 Å². The highest BCUT2D eigenvalue weighted by molar-refractivity contribution is 5.76. The molecule has 0 aromatic carbocycles. The number of carbonyl (C=O) groups excluding carboxylic acids is 1. The predicted octanol–water partition coefficient (Wildman–Crippen LogP) is 4.88. The molecule has 2 nitrogen and oxygen atoms in total. The fourth-order valence-corrected chi connectivity index (χ4v) is 1.51. The van der Waals surface area contributed by atoms with Gasteiger partial charge in [0.15, 0.2) is 0 Å². The standard InChI is InChI=1S/C8H15NO.C3H8.2C2H6/c1-3-8(10)9-6-4-5-7(9)2;1-3-2;2*1-2/h7H,3-6H2,1-2H3;3H2,1-2H3;2*1-2H3. The molecule has 0 bridgehead atoms. The highest BCUT2D eigenvalue weighted by Crippen LogP contribution is 2.16. The lowest BCUT2D eigenvalue weighted by molar-refractivity contribution is -0.131. The highest BCUT2D eigenvalue weighted by Gasteiger charge is 2.23. The smallest absolute Gasteiger partial charge is 0.222 e. The Morgan fingerprint density at radius 1 is 1.12 bits per heavy atom. The van der Waals surface area contributed by atoms with Crippen LogP contribution in [0, 0.1) is 0 Å². The molecule has 1 aliphatic rings. The number of likely N-dealkylation sites (tertiary alicyclic amines) is 1. The first-order valence-electron chi connectivity index (χ1n) is 7.46. The molecular formula is C15H35NO. The van der Waals surface area contributed by atoms with Gasteiger partial charge in [0.25, 0.3) is 0 Å². The van der Waals surface area contributed by atoms with Gasteiger partial charge in [-0.2, -0.15) is 0 Å². The molecule has 1 rings (SSSR count). The van der Waals surface area contributed by atoms with E-state index in [1.165, 1.54) is 19.3 Å². The minimum atomic E-state index is 0.310. The molecule has 17 heavy (non-hydrogen) atoms. The Labute approximate surface area is 110 Å². The van der Waals surface area contributed by atoms with E-state index < -0.39 is 0 Å². The molecule has 0 saturated carbocycles. The summed E-state index contributed by atoms with van der Waals surface area (Å²) < 4.78 is 0. The largest absolute Gasteiger partial charge is 0.340 e. The lowest BCUT2D eigenvalue weighted by Crippen LogP contribution is -2.32. The fourth-order valence-electron chi connectivity index (χ4n) is 1.51. The molecule has 0 aliphatic carbocycles. The van der Waals surface area contributed by atoms with Gasteiger partial charge in [-0.1, -0.05) is 54.9 Å². The third-order valence-corrected chi connectivity index (χ3v) is 2.18. The maximum atomic E-state index is 11.2. The van der Waals surface area contributed by atoms with Gasteiger partial charge in [0.1, 0.15) is 0 Å². The van der Waals surface area contributed by atoms with Gasteiger partial charge in [-0.05, 0) is 19.8 Å². The van der Waals surface area contributed by atoms with Crippen molar-refractivity contribution >= 4 is 5.91 Å². The van der Waals surface area contributed by atoms with Crippen LogP contribution in [0.1, 0.15) is 81.1 Å². The highest BCUT2D eigenvalue weighted by atomic mass is 16.2. The first-order valence-corrected chi connectivity index (χ1v) is 7.46. The molecule has 0 N–H and O–H groups in total. The quantitative estimate of drug-likeness (QED) is 0.645.